The van der Waals surface area contributed by atoms with E-state index in [0.29, 0.717) is 6.04 Å². The average molecular weight is 271 g/mol. The molecule has 0 saturated heterocycles. The maximum absolute atomic E-state index is 4.45. The van der Waals surface area contributed by atoms with Crippen molar-refractivity contribution in [3.63, 3.8) is 0 Å². The number of thiophene rings is 1. The molecule has 1 N–H and O–H groups in total. The Morgan fingerprint density at radius 1 is 1.26 bits per heavy atom. The molecule has 0 saturated carbocycles. The van der Waals surface area contributed by atoms with Gasteiger partial charge < -0.3 is 9.88 Å². The number of likely N-dealkylation sites (N-methyl/N-ethyl adjacent to an activating group) is 1. The van der Waals surface area contributed by atoms with Gasteiger partial charge in [0.2, 0.25) is 0 Å². The van der Waals surface area contributed by atoms with Gasteiger partial charge in [-0.1, -0.05) is 25.1 Å². The van der Waals surface area contributed by atoms with Crippen molar-refractivity contribution in [1.29, 1.82) is 0 Å². The number of fused-ring (bicyclic) bond motifs is 1. The molecule has 0 spiro atoms. The SMILES string of the molecule is CCNC(Cn1cnc2ccccc21)c1cccs1. The molecule has 1 aromatic carbocycles. The highest BCUT2D eigenvalue weighted by Gasteiger charge is 2.13. The maximum Gasteiger partial charge on any atom is 0.0958 e. The third-order valence-corrected chi connectivity index (χ3v) is 4.23. The summed E-state index contributed by atoms with van der Waals surface area (Å²) in [6.07, 6.45) is 1.93. The molecule has 3 nitrogen and oxygen atoms in total. The van der Waals surface area contributed by atoms with Crippen LogP contribution in [-0.4, -0.2) is 16.1 Å². The van der Waals surface area contributed by atoms with Gasteiger partial charge in [0.1, 0.15) is 0 Å². The summed E-state index contributed by atoms with van der Waals surface area (Å²) in [5.74, 6) is 0. The lowest BCUT2D eigenvalue weighted by Crippen LogP contribution is -2.24. The molecule has 0 fully saturated rings. The van der Waals surface area contributed by atoms with Crippen LogP contribution in [0.15, 0.2) is 48.1 Å². The molecule has 0 amide bonds. The number of aromatic nitrogens is 2. The van der Waals surface area contributed by atoms with Crippen LogP contribution in [0.4, 0.5) is 0 Å². The molecule has 0 bridgehead atoms. The highest BCUT2D eigenvalue weighted by molar-refractivity contribution is 7.10. The van der Waals surface area contributed by atoms with Crippen LogP contribution in [0.2, 0.25) is 0 Å². The minimum Gasteiger partial charge on any atom is -0.329 e. The van der Waals surface area contributed by atoms with E-state index in [1.54, 1.807) is 11.3 Å². The van der Waals surface area contributed by atoms with Crippen molar-refractivity contribution in [1.82, 2.24) is 14.9 Å². The van der Waals surface area contributed by atoms with Gasteiger partial charge in [-0.05, 0) is 30.1 Å². The highest BCUT2D eigenvalue weighted by Crippen LogP contribution is 2.22. The fourth-order valence-electron chi connectivity index (χ4n) is 2.34. The molecule has 4 heteroatoms. The van der Waals surface area contributed by atoms with Crippen molar-refractivity contribution >= 4 is 22.4 Å². The lowest BCUT2D eigenvalue weighted by atomic mass is 10.2. The van der Waals surface area contributed by atoms with Gasteiger partial charge >= 0.3 is 0 Å². The first-order chi connectivity index (χ1) is 9.38. The second-order valence-corrected chi connectivity index (χ2v) is 5.49. The molecule has 19 heavy (non-hydrogen) atoms. The summed E-state index contributed by atoms with van der Waals surface area (Å²) in [6, 6.07) is 12.9. The fraction of sp³-hybridized carbons (Fsp3) is 0.267. The minimum atomic E-state index is 0.350. The van der Waals surface area contributed by atoms with E-state index < -0.39 is 0 Å². The number of benzene rings is 1. The summed E-state index contributed by atoms with van der Waals surface area (Å²) in [4.78, 5) is 5.83. The Morgan fingerprint density at radius 3 is 2.95 bits per heavy atom. The summed E-state index contributed by atoms with van der Waals surface area (Å²) < 4.78 is 2.22. The minimum absolute atomic E-state index is 0.350. The fourth-order valence-corrected chi connectivity index (χ4v) is 3.14. The normalized spacial score (nSPS) is 12.9. The number of nitrogens with zero attached hydrogens (tertiary/aromatic N) is 2. The van der Waals surface area contributed by atoms with Crippen LogP contribution in [0.1, 0.15) is 17.8 Å². The maximum atomic E-state index is 4.45. The molecule has 1 atom stereocenters. The first kappa shape index (κ1) is 12.4. The number of rotatable bonds is 5. The zero-order valence-electron chi connectivity index (χ0n) is 10.9. The van der Waals surface area contributed by atoms with Crippen molar-refractivity contribution in [2.45, 2.75) is 19.5 Å². The Hall–Kier alpha value is -1.65. The topological polar surface area (TPSA) is 29.9 Å². The van der Waals surface area contributed by atoms with Crippen LogP contribution in [-0.2, 0) is 6.54 Å². The van der Waals surface area contributed by atoms with Crippen molar-refractivity contribution in [3.8, 4) is 0 Å². The van der Waals surface area contributed by atoms with E-state index in [1.807, 2.05) is 12.4 Å². The summed E-state index contributed by atoms with van der Waals surface area (Å²) >= 11 is 1.80. The van der Waals surface area contributed by atoms with Gasteiger partial charge in [-0.25, -0.2) is 4.98 Å². The Morgan fingerprint density at radius 2 is 2.16 bits per heavy atom. The first-order valence-corrected chi connectivity index (χ1v) is 7.43. The number of para-hydroxylation sites is 2. The Labute approximate surface area is 116 Å². The van der Waals surface area contributed by atoms with Gasteiger partial charge in [-0.3, -0.25) is 0 Å². The number of nitrogens with one attached hydrogen (secondary N) is 1. The molecule has 1 unspecified atom stereocenters. The molecule has 2 heterocycles. The summed E-state index contributed by atoms with van der Waals surface area (Å²) in [6.45, 7) is 4.02. The standard InChI is InChI=1S/C15H17N3S/c1-2-16-13(15-8-5-9-19-15)10-18-11-17-12-6-3-4-7-14(12)18/h3-9,11,13,16H,2,10H2,1H3. The molecule has 0 aliphatic heterocycles. The van der Waals surface area contributed by atoms with Gasteiger partial charge in [0.05, 0.1) is 23.4 Å². The zero-order valence-corrected chi connectivity index (χ0v) is 11.7. The van der Waals surface area contributed by atoms with Crippen LogP contribution in [0.3, 0.4) is 0 Å². The quantitative estimate of drug-likeness (QED) is 0.770. The molecular weight excluding hydrogens is 254 g/mol. The Balaban J connectivity index is 1.89. The van der Waals surface area contributed by atoms with Crippen molar-refractivity contribution in [2.24, 2.45) is 0 Å². The van der Waals surface area contributed by atoms with Crippen LogP contribution in [0.5, 0.6) is 0 Å². The highest BCUT2D eigenvalue weighted by atomic mass is 32.1. The zero-order chi connectivity index (χ0) is 13.1. The average Bonchev–Trinajstić information content (AvgIpc) is 3.08. The molecule has 2 aromatic heterocycles. The lowest BCUT2D eigenvalue weighted by molar-refractivity contribution is 0.488. The second kappa shape index (κ2) is 5.55. The molecule has 98 valence electrons. The van der Waals surface area contributed by atoms with Gasteiger partial charge in [0, 0.05) is 11.4 Å². The van der Waals surface area contributed by atoms with E-state index in [-0.39, 0.29) is 0 Å². The van der Waals surface area contributed by atoms with Crippen LogP contribution in [0, 0.1) is 0 Å². The lowest BCUT2D eigenvalue weighted by Gasteiger charge is -2.17. The molecule has 0 aliphatic carbocycles. The number of hydrogen-bond donors (Lipinski definition) is 1. The van der Waals surface area contributed by atoms with Crippen molar-refractivity contribution in [2.75, 3.05) is 6.54 Å². The number of hydrogen-bond acceptors (Lipinski definition) is 3. The summed E-state index contributed by atoms with van der Waals surface area (Å²) in [5.41, 5.74) is 2.26. The van der Waals surface area contributed by atoms with E-state index in [2.05, 4.69) is 57.5 Å². The summed E-state index contributed by atoms with van der Waals surface area (Å²) in [5, 5.41) is 5.68. The van der Waals surface area contributed by atoms with Gasteiger partial charge in [0.15, 0.2) is 0 Å². The molecule has 3 rings (SSSR count). The van der Waals surface area contributed by atoms with E-state index in [0.717, 1.165) is 18.6 Å². The van der Waals surface area contributed by atoms with E-state index in [4.69, 9.17) is 0 Å². The Bertz CT molecular complexity index is 642. The first-order valence-electron chi connectivity index (χ1n) is 6.55. The summed E-state index contributed by atoms with van der Waals surface area (Å²) in [7, 11) is 0. The largest absolute Gasteiger partial charge is 0.329 e. The van der Waals surface area contributed by atoms with Crippen LogP contribution < -0.4 is 5.32 Å². The smallest absolute Gasteiger partial charge is 0.0958 e. The van der Waals surface area contributed by atoms with Crippen LogP contribution >= 0.6 is 11.3 Å². The van der Waals surface area contributed by atoms with Crippen molar-refractivity contribution in [3.05, 3.63) is 53.0 Å². The molecule has 0 radical (unpaired) electrons. The third kappa shape index (κ3) is 2.55. The van der Waals surface area contributed by atoms with E-state index >= 15 is 0 Å². The van der Waals surface area contributed by atoms with Gasteiger partial charge in [0.25, 0.3) is 0 Å². The van der Waals surface area contributed by atoms with Crippen LogP contribution in [0.25, 0.3) is 11.0 Å². The molecule has 3 aromatic rings. The van der Waals surface area contributed by atoms with E-state index in [1.165, 1.54) is 10.4 Å². The second-order valence-electron chi connectivity index (χ2n) is 4.51. The monoisotopic (exact) mass is 271 g/mol. The number of imidazole rings is 1. The van der Waals surface area contributed by atoms with Crippen molar-refractivity contribution < 1.29 is 0 Å². The van der Waals surface area contributed by atoms with E-state index in [9.17, 15) is 0 Å². The van der Waals surface area contributed by atoms with Gasteiger partial charge in [-0.15, -0.1) is 11.3 Å². The third-order valence-electron chi connectivity index (χ3n) is 3.24. The predicted octanol–water partition coefficient (Wildman–Crippen LogP) is 3.45. The predicted molar refractivity (Wildman–Crippen MR) is 80.5 cm³/mol. The molecular formula is C15H17N3S. The van der Waals surface area contributed by atoms with Gasteiger partial charge in [-0.2, -0.15) is 0 Å². The Kier molecular flexibility index (Phi) is 3.62. The molecule has 0 aliphatic rings.